The van der Waals surface area contributed by atoms with Gasteiger partial charge in [0.1, 0.15) is 11.6 Å². The number of halogens is 1. The summed E-state index contributed by atoms with van der Waals surface area (Å²) in [4.78, 5) is 15.4. The Morgan fingerprint density at radius 2 is 1.86 bits per heavy atom. The van der Waals surface area contributed by atoms with E-state index in [2.05, 4.69) is 4.98 Å². The molecule has 0 unspecified atom stereocenters. The quantitative estimate of drug-likeness (QED) is 0.805. The van der Waals surface area contributed by atoms with Crippen molar-refractivity contribution in [2.24, 2.45) is 7.05 Å². The van der Waals surface area contributed by atoms with Crippen molar-refractivity contribution in [2.75, 3.05) is 0 Å². The third-order valence-electron chi connectivity index (χ3n) is 3.67. The lowest BCUT2D eigenvalue weighted by molar-refractivity contribution is -0.136. The standard InChI is InChI=1S/C17H15FN2O2/c1-20-15-7-4-12(10-17(21)22)8-14(15)19-16(20)9-11-2-5-13(18)6-3-11/h2-8H,9-10H2,1H3,(H,21,22). The van der Waals surface area contributed by atoms with Gasteiger partial charge in [0.15, 0.2) is 0 Å². The van der Waals surface area contributed by atoms with E-state index in [-0.39, 0.29) is 12.2 Å². The first kappa shape index (κ1) is 14.3. The first-order valence-electron chi connectivity index (χ1n) is 6.93. The molecule has 0 amide bonds. The molecule has 5 heteroatoms. The van der Waals surface area contributed by atoms with Gasteiger partial charge >= 0.3 is 5.97 Å². The fourth-order valence-electron chi connectivity index (χ4n) is 2.52. The Morgan fingerprint density at radius 1 is 1.18 bits per heavy atom. The zero-order valence-electron chi connectivity index (χ0n) is 12.1. The minimum Gasteiger partial charge on any atom is -0.481 e. The molecule has 0 atom stereocenters. The molecule has 0 spiro atoms. The number of aliphatic carboxylic acids is 1. The second-order valence-corrected chi connectivity index (χ2v) is 5.28. The van der Waals surface area contributed by atoms with Crippen LogP contribution in [0.1, 0.15) is 17.0 Å². The van der Waals surface area contributed by atoms with Crippen molar-refractivity contribution >= 4 is 17.0 Å². The topological polar surface area (TPSA) is 55.1 Å². The Morgan fingerprint density at radius 3 is 2.55 bits per heavy atom. The zero-order valence-corrected chi connectivity index (χ0v) is 12.1. The molecule has 1 aromatic heterocycles. The predicted molar refractivity (Wildman–Crippen MR) is 81.3 cm³/mol. The maximum atomic E-state index is 13.0. The molecule has 1 heterocycles. The predicted octanol–water partition coefficient (Wildman–Crippen LogP) is 2.93. The van der Waals surface area contributed by atoms with Crippen molar-refractivity contribution in [3.8, 4) is 0 Å². The summed E-state index contributed by atoms with van der Waals surface area (Å²) in [7, 11) is 1.92. The largest absolute Gasteiger partial charge is 0.481 e. The minimum atomic E-state index is -0.859. The third-order valence-corrected chi connectivity index (χ3v) is 3.67. The van der Waals surface area contributed by atoms with E-state index in [1.807, 2.05) is 17.7 Å². The van der Waals surface area contributed by atoms with Crippen molar-refractivity contribution in [3.05, 3.63) is 65.2 Å². The summed E-state index contributed by atoms with van der Waals surface area (Å²) in [5.74, 6) is -0.261. The van der Waals surface area contributed by atoms with Gasteiger partial charge in [0.2, 0.25) is 0 Å². The van der Waals surface area contributed by atoms with Crippen LogP contribution >= 0.6 is 0 Å². The summed E-state index contributed by atoms with van der Waals surface area (Å²) in [6.07, 6.45) is 0.583. The molecule has 112 valence electrons. The van der Waals surface area contributed by atoms with Crippen LogP contribution in [0.2, 0.25) is 0 Å². The number of hydrogen-bond donors (Lipinski definition) is 1. The third kappa shape index (κ3) is 2.83. The van der Waals surface area contributed by atoms with Gasteiger partial charge in [-0.25, -0.2) is 9.37 Å². The summed E-state index contributed by atoms with van der Waals surface area (Å²) in [6, 6.07) is 11.8. The maximum Gasteiger partial charge on any atom is 0.307 e. The number of aryl methyl sites for hydroxylation is 1. The fraction of sp³-hybridized carbons (Fsp3) is 0.176. The zero-order chi connectivity index (χ0) is 15.7. The Hall–Kier alpha value is -2.69. The van der Waals surface area contributed by atoms with E-state index in [0.717, 1.165) is 28.0 Å². The molecule has 2 aromatic carbocycles. The number of carbonyl (C=O) groups is 1. The molecule has 0 bridgehead atoms. The van der Waals surface area contributed by atoms with Gasteiger partial charge in [0.25, 0.3) is 0 Å². The molecule has 22 heavy (non-hydrogen) atoms. The summed E-state index contributed by atoms with van der Waals surface area (Å²) in [5.41, 5.74) is 3.43. The van der Waals surface area contributed by atoms with Gasteiger partial charge in [0, 0.05) is 13.5 Å². The number of carboxylic acid groups (broad SMARTS) is 1. The first-order valence-corrected chi connectivity index (χ1v) is 6.93. The second-order valence-electron chi connectivity index (χ2n) is 5.28. The van der Waals surface area contributed by atoms with Crippen molar-refractivity contribution in [2.45, 2.75) is 12.8 Å². The maximum absolute atomic E-state index is 13.0. The van der Waals surface area contributed by atoms with Crippen molar-refractivity contribution in [1.82, 2.24) is 9.55 Å². The van der Waals surface area contributed by atoms with Crippen LogP contribution in [0.3, 0.4) is 0 Å². The fourth-order valence-corrected chi connectivity index (χ4v) is 2.52. The number of fused-ring (bicyclic) bond motifs is 1. The van der Waals surface area contributed by atoms with Gasteiger partial charge in [-0.2, -0.15) is 0 Å². The lowest BCUT2D eigenvalue weighted by atomic mass is 10.1. The molecule has 0 fully saturated rings. The Balaban J connectivity index is 1.94. The van der Waals surface area contributed by atoms with Crippen LogP contribution < -0.4 is 0 Å². The highest BCUT2D eigenvalue weighted by atomic mass is 19.1. The number of imidazole rings is 1. The van der Waals surface area contributed by atoms with E-state index in [4.69, 9.17) is 5.11 Å². The van der Waals surface area contributed by atoms with E-state index in [1.165, 1.54) is 12.1 Å². The van der Waals surface area contributed by atoms with Crippen molar-refractivity contribution in [1.29, 1.82) is 0 Å². The average molecular weight is 298 g/mol. The molecule has 4 nitrogen and oxygen atoms in total. The number of benzene rings is 2. The molecule has 0 saturated heterocycles. The van der Waals surface area contributed by atoms with Gasteiger partial charge in [-0.05, 0) is 35.4 Å². The van der Waals surface area contributed by atoms with Gasteiger partial charge in [0.05, 0.1) is 17.5 Å². The highest BCUT2D eigenvalue weighted by molar-refractivity contribution is 5.79. The Bertz CT molecular complexity index is 838. The smallest absolute Gasteiger partial charge is 0.307 e. The SMILES string of the molecule is Cn1c(Cc2ccc(F)cc2)nc2cc(CC(=O)O)ccc21. The highest BCUT2D eigenvalue weighted by Crippen LogP contribution is 2.19. The Labute approximate surface area is 126 Å². The molecular formula is C17H15FN2O2. The van der Waals surface area contributed by atoms with Gasteiger partial charge in [-0.3, -0.25) is 4.79 Å². The molecule has 3 rings (SSSR count). The normalized spacial score (nSPS) is 11.0. The second kappa shape index (κ2) is 5.60. The summed E-state index contributed by atoms with van der Waals surface area (Å²) >= 11 is 0. The van der Waals surface area contributed by atoms with Crippen molar-refractivity contribution < 1.29 is 14.3 Å². The van der Waals surface area contributed by atoms with Gasteiger partial charge < -0.3 is 9.67 Å². The minimum absolute atomic E-state index is 0.0141. The molecule has 0 aliphatic carbocycles. The molecule has 0 aliphatic heterocycles. The number of rotatable bonds is 4. The molecule has 0 saturated carbocycles. The number of aromatic nitrogens is 2. The van der Waals surface area contributed by atoms with Crippen LogP contribution in [0.5, 0.6) is 0 Å². The molecular weight excluding hydrogens is 283 g/mol. The van der Waals surface area contributed by atoms with Crippen LogP contribution in [-0.4, -0.2) is 20.6 Å². The summed E-state index contributed by atoms with van der Waals surface area (Å²) < 4.78 is 14.9. The lowest BCUT2D eigenvalue weighted by Crippen LogP contribution is -2.00. The van der Waals surface area contributed by atoms with E-state index < -0.39 is 5.97 Å². The van der Waals surface area contributed by atoms with Crippen LogP contribution in [-0.2, 0) is 24.7 Å². The molecule has 0 radical (unpaired) electrons. The van der Waals surface area contributed by atoms with E-state index >= 15 is 0 Å². The van der Waals surface area contributed by atoms with Crippen LogP contribution in [0.25, 0.3) is 11.0 Å². The summed E-state index contributed by atoms with van der Waals surface area (Å²) in [6.45, 7) is 0. The lowest BCUT2D eigenvalue weighted by Gasteiger charge is -2.03. The van der Waals surface area contributed by atoms with E-state index in [9.17, 15) is 9.18 Å². The number of carboxylic acids is 1. The van der Waals surface area contributed by atoms with Gasteiger partial charge in [-0.15, -0.1) is 0 Å². The molecule has 3 aromatic rings. The van der Waals surface area contributed by atoms with E-state index in [0.29, 0.717) is 6.42 Å². The monoisotopic (exact) mass is 298 g/mol. The number of nitrogens with zero attached hydrogens (tertiary/aromatic N) is 2. The first-order chi connectivity index (χ1) is 10.5. The average Bonchev–Trinajstić information content (AvgIpc) is 2.77. The molecule has 0 aliphatic rings. The van der Waals surface area contributed by atoms with Crippen LogP contribution in [0.4, 0.5) is 4.39 Å². The molecule has 1 N–H and O–H groups in total. The van der Waals surface area contributed by atoms with Crippen molar-refractivity contribution in [3.63, 3.8) is 0 Å². The van der Waals surface area contributed by atoms with E-state index in [1.54, 1.807) is 24.3 Å². The highest BCUT2D eigenvalue weighted by Gasteiger charge is 2.10. The van der Waals surface area contributed by atoms with Crippen LogP contribution in [0, 0.1) is 5.82 Å². The van der Waals surface area contributed by atoms with Crippen LogP contribution in [0.15, 0.2) is 42.5 Å². The Kier molecular flexibility index (Phi) is 3.63. The summed E-state index contributed by atoms with van der Waals surface area (Å²) in [5, 5.41) is 8.86. The van der Waals surface area contributed by atoms with Gasteiger partial charge in [-0.1, -0.05) is 18.2 Å². The number of hydrogen-bond acceptors (Lipinski definition) is 2.